The van der Waals surface area contributed by atoms with E-state index in [2.05, 4.69) is 11.9 Å². The fourth-order valence-corrected chi connectivity index (χ4v) is 2.52. The van der Waals surface area contributed by atoms with Crippen molar-refractivity contribution in [3.05, 3.63) is 28.5 Å². The van der Waals surface area contributed by atoms with Gasteiger partial charge in [-0.25, -0.2) is 4.98 Å². The van der Waals surface area contributed by atoms with Crippen molar-refractivity contribution in [3.63, 3.8) is 0 Å². The number of piperidine rings is 1. The third-order valence-electron chi connectivity index (χ3n) is 3.28. The van der Waals surface area contributed by atoms with E-state index in [1.165, 1.54) is 6.42 Å². The van der Waals surface area contributed by atoms with Crippen molar-refractivity contribution in [1.29, 1.82) is 0 Å². The Bertz CT molecular complexity index is 433. The molecule has 1 unspecified atom stereocenters. The highest BCUT2D eigenvalue weighted by Gasteiger charge is 2.25. The van der Waals surface area contributed by atoms with Crippen LogP contribution in [0.1, 0.15) is 42.2 Å². The van der Waals surface area contributed by atoms with Gasteiger partial charge in [0.1, 0.15) is 5.15 Å². The minimum absolute atomic E-state index is 0.00898. The second-order valence-electron chi connectivity index (χ2n) is 4.63. The van der Waals surface area contributed by atoms with E-state index >= 15 is 0 Å². The van der Waals surface area contributed by atoms with E-state index in [1.54, 1.807) is 6.07 Å². The van der Waals surface area contributed by atoms with E-state index < -0.39 is 0 Å². The quantitative estimate of drug-likeness (QED) is 0.720. The largest absolute Gasteiger partial charge is 0.336 e. The van der Waals surface area contributed by atoms with E-state index in [0.29, 0.717) is 16.8 Å². The number of aryl methyl sites for hydroxylation is 1. The number of likely N-dealkylation sites (tertiary alicyclic amines) is 1. The lowest BCUT2D eigenvalue weighted by Crippen LogP contribution is -2.42. The van der Waals surface area contributed by atoms with Gasteiger partial charge < -0.3 is 4.90 Å². The standard InChI is InChI=1S/C13H17ClN2O/c1-9-6-7-11(12(14)15-9)13(17)16-8-4-3-5-10(16)2/h6-7,10H,3-5,8H2,1-2H3. The molecule has 17 heavy (non-hydrogen) atoms. The van der Waals surface area contributed by atoms with E-state index in [4.69, 9.17) is 11.6 Å². The van der Waals surface area contributed by atoms with Crippen LogP contribution < -0.4 is 0 Å². The van der Waals surface area contributed by atoms with Crippen LogP contribution in [0, 0.1) is 6.92 Å². The monoisotopic (exact) mass is 252 g/mol. The van der Waals surface area contributed by atoms with Gasteiger partial charge in [-0.15, -0.1) is 0 Å². The van der Waals surface area contributed by atoms with Gasteiger partial charge >= 0.3 is 0 Å². The van der Waals surface area contributed by atoms with Crippen molar-refractivity contribution in [2.45, 2.75) is 39.2 Å². The molecule has 0 aliphatic carbocycles. The Hall–Kier alpha value is -1.09. The Morgan fingerprint density at radius 1 is 1.47 bits per heavy atom. The molecule has 0 N–H and O–H groups in total. The van der Waals surface area contributed by atoms with Crippen LogP contribution in [-0.2, 0) is 0 Å². The number of pyridine rings is 1. The average Bonchev–Trinajstić information content (AvgIpc) is 2.29. The Balaban J connectivity index is 2.24. The van der Waals surface area contributed by atoms with Crippen LogP contribution in [0.2, 0.25) is 5.15 Å². The molecule has 0 radical (unpaired) electrons. The van der Waals surface area contributed by atoms with Crippen LogP contribution in [0.25, 0.3) is 0 Å². The van der Waals surface area contributed by atoms with Crippen LogP contribution in [0.4, 0.5) is 0 Å². The summed E-state index contributed by atoms with van der Waals surface area (Å²) in [6, 6.07) is 3.90. The second-order valence-corrected chi connectivity index (χ2v) is 4.99. The highest BCUT2D eigenvalue weighted by Crippen LogP contribution is 2.22. The molecule has 0 spiro atoms. The van der Waals surface area contributed by atoms with E-state index in [9.17, 15) is 4.79 Å². The Labute approximate surface area is 107 Å². The number of nitrogens with zero attached hydrogens (tertiary/aromatic N) is 2. The summed E-state index contributed by atoms with van der Waals surface area (Å²) >= 11 is 6.03. The van der Waals surface area contributed by atoms with Gasteiger partial charge in [-0.3, -0.25) is 4.79 Å². The van der Waals surface area contributed by atoms with Crippen molar-refractivity contribution in [3.8, 4) is 0 Å². The maximum atomic E-state index is 12.3. The third kappa shape index (κ3) is 2.60. The summed E-state index contributed by atoms with van der Waals surface area (Å²) in [7, 11) is 0. The lowest BCUT2D eigenvalue weighted by molar-refractivity contribution is 0.0635. The summed E-state index contributed by atoms with van der Waals surface area (Å²) in [5.74, 6) is 0.00898. The van der Waals surface area contributed by atoms with Crippen molar-refractivity contribution in [2.24, 2.45) is 0 Å². The van der Waals surface area contributed by atoms with Crippen LogP contribution >= 0.6 is 11.6 Å². The number of amides is 1. The molecule has 0 saturated carbocycles. The topological polar surface area (TPSA) is 33.2 Å². The smallest absolute Gasteiger partial charge is 0.257 e. The zero-order valence-corrected chi connectivity index (χ0v) is 11.0. The van der Waals surface area contributed by atoms with Crippen molar-refractivity contribution in [1.82, 2.24) is 9.88 Å². The number of hydrogen-bond acceptors (Lipinski definition) is 2. The minimum atomic E-state index is 0.00898. The molecule has 1 atom stereocenters. The van der Waals surface area contributed by atoms with Gasteiger partial charge in [0.2, 0.25) is 0 Å². The van der Waals surface area contributed by atoms with Gasteiger partial charge in [0.05, 0.1) is 5.56 Å². The number of carbonyl (C=O) groups excluding carboxylic acids is 1. The second kappa shape index (κ2) is 5.05. The lowest BCUT2D eigenvalue weighted by Gasteiger charge is -2.33. The zero-order chi connectivity index (χ0) is 12.4. The van der Waals surface area contributed by atoms with Crippen LogP contribution in [0.3, 0.4) is 0 Å². The van der Waals surface area contributed by atoms with Crippen molar-refractivity contribution in [2.75, 3.05) is 6.54 Å². The van der Waals surface area contributed by atoms with E-state index in [0.717, 1.165) is 25.1 Å². The molecule has 2 heterocycles. The van der Waals surface area contributed by atoms with Crippen LogP contribution in [0.15, 0.2) is 12.1 Å². The molecule has 3 nitrogen and oxygen atoms in total. The molecule has 1 amide bonds. The number of rotatable bonds is 1. The average molecular weight is 253 g/mol. The SMILES string of the molecule is Cc1ccc(C(=O)N2CCCCC2C)c(Cl)n1. The first-order chi connectivity index (χ1) is 8.09. The first-order valence-corrected chi connectivity index (χ1v) is 6.41. The molecule has 4 heteroatoms. The van der Waals surface area contributed by atoms with Gasteiger partial charge in [0, 0.05) is 18.3 Å². The summed E-state index contributed by atoms with van der Waals surface area (Å²) < 4.78 is 0. The molecular weight excluding hydrogens is 236 g/mol. The van der Waals surface area contributed by atoms with Crippen molar-refractivity contribution < 1.29 is 4.79 Å². The maximum Gasteiger partial charge on any atom is 0.257 e. The molecule has 1 fully saturated rings. The van der Waals surface area contributed by atoms with E-state index in [-0.39, 0.29) is 5.91 Å². The fraction of sp³-hybridized carbons (Fsp3) is 0.538. The molecule has 1 aliphatic heterocycles. The predicted molar refractivity (Wildman–Crippen MR) is 68.3 cm³/mol. The first-order valence-electron chi connectivity index (χ1n) is 6.03. The highest BCUT2D eigenvalue weighted by molar-refractivity contribution is 6.32. The Morgan fingerprint density at radius 3 is 2.88 bits per heavy atom. The van der Waals surface area contributed by atoms with Gasteiger partial charge in [0.25, 0.3) is 5.91 Å². The van der Waals surface area contributed by atoms with Gasteiger partial charge in [-0.2, -0.15) is 0 Å². The summed E-state index contributed by atoms with van der Waals surface area (Å²) in [6.45, 7) is 4.78. The molecule has 1 aromatic rings. The summed E-state index contributed by atoms with van der Waals surface area (Å²) in [6.07, 6.45) is 3.35. The van der Waals surface area contributed by atoms with Gasteiger partial charge in [-0.1, -0.05) is 11.6 Å². The Morgan fingerprint density at radius 2 is 2.24 bits per heavy atom. The molecule has 1 aromatic heterocycles. The molecule has 1 aliphatic rings. The predicted octanol–water partition coefficient (Wildman–Crippen LogP) is 3.06. The van der Waals surface area contributed by atoms with Crippen LogP contribution in [-0.4, -0.2) is 28.4 Å². The lowest BCUT2D eigenvalue weighted by atomic mass is 10.0. The van der Waals surface area contributed by atoms with Crippen molar-refractivity contribution >= 4 is 17.5 Å². The summed E-state index contributed by atoms with van der Waals surface area (Å²) in [4.78, 5) is 18.4. The Kier molecular flexibility index (Phi) is 3.67. The minimum Gasteiger partial charge on any atom is -0.336 e. The molecule has 0 bridgehead atoms. The van der Waals surface area contributed by atoms with Crippen LogP contribution in [0.5, 0.6) is 0 Å². The third-order valence-corrected chi connectivity index (χ3v) is 3.57. The fourth-order valence-electron chi connectivity index (χ4n) is 2.24. The van der Waals surface area contributed by atoms with E-state index in [1.807, 2.05) is 17.9 Å². The summed E-state index contributed by atoms with van der Waals surface area (Å²) in [5.41, 5.74) is 1.35. The molecule has 2 rings (SSSR count). The highest BCUT2D eigenvalue weighted by atomic mass is 35.5. The molecular formula is C13H17ClN2O. The van der Waals surface area contributed by atoms with Gasteiger partial charge in [0.15, 0.2) is 0 Å². The number of aromatic nitrogens is 1. The molecule has 0 aromatic carbocycles. The first kappa shape index (κ1) is 12.4. The molecule has 1 saturated heterocycles. The van der Waals surface area contributed by atoms with Gasteiger partial charge in [-0.05, 0) is 45.2 Å². The number of halogens is 1. The number of hydrogen-bond donors (Lipinski definition) is 0. The summed E-state index contributed by atoms with van der Waals surface area (Å²) in [5, 5.41) is 0.313. The molecule has 92 valence electrons. The number of carbonyl (C=O) groups is 1. The normalized spacial score (nSPS) is 20.4. The maximum absolute atomic E-state index is 12.3. The zero-order valence-electron chi connectivity index (χ0n) is 10.2.